The summed E-state index contributed by atoms with van der Waals surface area (Å²) in [5.74, 6) is -0.0644. The average Bonchev–Trinajstić information content (AvgIpc) is 2.73. The number of nitrogens with zero attached hydrogens (tertiary/aromatic N) is 2. The second-order valence-electron chi connectivity index (χ2n) is 7.00. The number of ether oxygens (including phenoxy) is 1. The zero-order valence-electron chi connectivity index (χ0n) is 14.0. The molecule has 6 heteroatoms. The fourth-order valence-corrected chi connectivity index (χ4v) is 2.55. The van der Waals surface area contributed by atoms with Gasteiger partial charge in [0.15, 0.2) is 0 Å². The normalized spacial score (nSPS) is 20.6. The standard InChI is InChI=1S/C15H29N3O3/c1-10(2)18(14(20)21-15(4,5)6)12-7-8-17(9-12)13(19)11(3)16/h10-12H,7-9,16H2,1-6H3. The third-order valence-electron chi connectivity index (χ3n) is 3.42. The van der Waals surface area contributed by atoms with Crippen molar-refractivity contribution >= 4 is 12.0 Å². The van der Waals surface area contributed by atoms with E-state index in [1.54, 1.807) is 16.7 Å². The Hall–Kier alpha value is -1.30. The lowest BCUT2D eigenvalue weighted by atomic mass is 10.1. The van der Waals surface area contributed by atoms with E-state index in [0.29, 0.717) is 13.1 Å². The lowest BCUT2D eigenvalue weighted by molar-refractivity contribution is -0.131. The van der Waals surface area contributed by atoms with E-state index < -0.39 is 11.6 Å². The van der Waals surface area contributed by atoms with Crippen molar-refractivity contribution < 1.29 is 14.3 Å². The van der Waals surface area contributed by atoms with Gasteiger partial charge < -0.3 is 20.3 Å². The van der Waals surface area contributed by atoms with Gasteiger partial charge in [0.2, 0.25) is 5.91 Å². The van der Waals surface area contributed by atoms with Crippen LogP contribution < -0.4 is 5.73 Å². The molecule has 0 bridgehead atoms. The molecule has 1 rings (SSSR count). The monoisotopic (exact) mass is 299 g/mol. The molecule has 1 fully saturated rings. The van der Waals surface area contributed by atoms with Gasteiger partial charge in [0.05, 0.1) is 12.1 Å². The molecule has 0 aromatic rings. The van der Waals surface area contributed by atoms with E-state index in [1.807, 2.05) is 34.6 Å². The number of likely N-dealkylation sites (tertiary alicyclic amines) is 1. The molecule has 122 valence electrons. The number of amides is 2. The van der Waals surface area contributed by atoms with Crippen molar-refractivity contribution in [2.45, 2.75) is 71.7 Å². The Balaban J connectivity index is 2.76. The first kappa shape index (κ1) is 17.8. The summed E-state index contributed by atoms with van der Waals surface area (Å²) in [6.07, 6.45) is 0.438. The van der Waals surface area contributed by atoms with Gasteiger partial charge in [0.1, 0.15) is 5.60 Å². The summed E-state index contributed by atoms with van der Waals surface area (Å²) in [6, 6.07) is -0.490. The van der Waals surface area contributed by atoms with E-state index >= 15 is 0 Å². The van der Waals surface area contributed by atoms with Crippen LogP contribution in [-0.4, -0.2) is 58.6 Å². The van der Waals surface area contributed by atoms with Crippen molar-refractivity contribution in [1.82, 2.24) is 9.80 Å². The number of rotatable bonds is 3. The number of carbonyl (C=O) groups is 2. The van der Waals surface area contributed by atoms with Crippen molar-refractivity contribution in [3.05, 3.63) is 0 Å². The molecule has 1 heterocycles. The van der Waals surface area contributed by atoms with Crippen molar-refractivity contribution in [2.75, 3.05) is 13.1 Å². The SMILES string of the molecule is CC(N)C(=O)N1CCC(N(C(=O)OC(C)(C)C)C(C)C)C1. The molecule has 0 spiro atoms. The van der Waals surface area contributed by atoms with Crippen LogP contribution in [0.2, 0.25) is 0 Å². The predicted molar refractivity (Wildman–Crippen MR) is 81.8 cm³/mol. The number of hydrogen-bond acceptors (Lipinski definition) is 4. The topological polar surface area (TPSA) is 75.9 Å². The van der Waals surface area contributed by atoms with Gasteiger partial charge in [-0.15, -0.1) is 0 Å². The minimum absolute atomic E-state index is 0.0115. The van der Waals surface area contributed by atoms with Crippen LogP contribution in [0.4, 0.5) is 4.79 Å². The Morgan fingerprint density at radius 2 is 1.86 bits per heavy atom. The van der Waals surface area contributed by atoms with Crippen molar-refractivity contribution in [3.63, 3.8) is 0 Å². The molecule has 1 aliphatic heterocycles. The van der Waals surface area contributed by atoms with Gasteiger partial charge in [-0.05, 0) is 48.0 Å². The Bertz CT molecular complexity index is 388. The molecule has 2 N–H and O–H groups in total. The molecule has 0 aliphatic carbocycles. The molecule has 21 heavy (non-hydrogen) atoms. The maximum atomic E-state index is 12.4. The second kappa shape index (κ2) is 6.64. The van der Waals surface area contributed by atoms with Crippen molar-refractivity contribution in [3.8, 4) is 0 Å². The minimum Gasteiger partial charge on any atom is -0.444 e. The first-order chi connectivity index (χ1) is 9.53. The van der Waals surface area contributed by atoms with E-state index in [-0.39, 0.29) is 24.1 Å². The summed E-state index contributed by atoms with van der Waals surface area (Å²) in [4.78, 5) is 27.8. The molecule has 0 saturated carbocycles. The fraction of sp³-hybridized carbons (Fsp3) is 0.867. The Labute approximate surface area is 127 Å². The fourth-order valence-electron chi connectivity index (χ4n) is 2.55. The molecule has 1 saturated heterocycles. The maximum absolute atomic E-state index is 12.4. The van der Waals surface area contributed by atoms with Gasteiger partial charge >= 0.3 is 6.09 Å². The van der Waals surface area contributed by atoms with Crippen LogP contribution >= 0.6 is 0 Å². The molecule has 2 atom stereocenters. The highest BCUT2D eigenvalue weighted by Crippen LogP contribution is 2.21. The highest BCUT2D eigenvalue weighted by atomic mass is 16.6. The lowest BCUT2D eigenvalue weighted by Crippen LogP contribution is -2.49. The Kier molecular flexibility index (Phi) is 5.61. The molecule has 0 aromatic heterocycles. The van der Waals surface area contributed by atoms with Crippen LogP contribution in [0.25, 0.3) is 0 Å². The minimum atomic E-state index is -0.524. The van der Waals surface area contributed by atoms with Crippen LogP contribution in [0.3, 0.4) is 0 Å². The summed E-state index contributed by atoms with van der Waals surface area (Å²) in [7, 11) is 0. The third-order valence-corrected chi connectivity index (χ3v) is 3.42. The Morgan fingerprint density at radius 3 is 2.29 bits per heavy atom. The van der Waals surface area contributed by atoms with E-state index in [9.17, 15) is 9.59 Å². The summed E-state index contributed by atoms with van der Waals surface area (Å²) in [6.45, 7) is 12.3. The maximum Gasteiger partial charge on any atom is 0.410 e. The first-order valence-electron chi connectivity index (χ1n) is 7.58. The lowest BCUT2D eigenvalue weighted by Gasteiger charge is -2.34. The summed E-state index contributed by atoms with van der Waals surface area (Å²) < 4.78 is 5.48. The quantitative estimate of drug-likeness (QED) is 0.858. The van der Waals surface area contributed by atoms with E-state index in [4.69, 9.17) is 10.5 Å². The smallest absolute Gasteiger partial charge is 0.410 e. The van der Waals surface area contributed by atoms with Crippen LogP contribution in [0.5, 0.6) is 0 Å². The van der Waals surface area contributed by atoms with Crippen LogP contribution in [0.15, 0.2) is 0 Å². The molecule has 0 radical (unpaired) electrons. The average molecular weight is 299 g/mol. The summed E-state index contributed by atoms with van der Waals surface area (Å²) in [5, 5.41) is 0. The molecule has 0 aromatic carbocycles. The summed E-state index contributed by atoms with van der Waals surface area (Å²) in [5.41, 5.74) is 5.12. The number of hydrogen-bond donors (Lipinski definition) is 1. The highest BCUT2D eigenvalue weighted by Gasteiger charge is 2.36. The number of carbonyl (C=O) groups excluding carboxylic acids is 2. The van der Waals surface area contributed by atoms with Crippen molar-refractivity contribution in [2.24, 2.45) is 5.73 Å². The Morgan fingerprint density at radius 1 is 1.29 bits per heavy atom. The molecule has 1 aliphatic rings. The zero-order chi connectivity index (χ0) is 16.4. The van der Waals surface area contributed by atoms with E-state index in [2.05, 4.69) is 0 Å². The first-order valence-corrected chi connectivity index (χ1v) is 7.58. The van der Waals surface area contributed by atoms with Crippen molar-refractivity contribution in [1.29, 1.82) is 0 Å². The highest BCUT2D eigenvalue weighted by molar-refractivity contribution is 5.81. The van der Waals surface area contributed by atoms with Crippen LogP contribution in [0, 0.1) is 0 Å². The molecular weight excluding hydrogens is 270 g/mol. The van der Waals surface area contributed by atoms with Gasteiger partial charge in [-0.3, -0.25) is 4.79 Å². The predicted octanol–water partition coefficient (Wildman–Crippen LogP) is 1.58. The molecule has 2 amide bonds. The van der Waals surface area contributed by atoms with Gasteiger partial charge in [0, 0.05) is 19.1 Å². The van der Waals surface area contributed by atoms with Gasteiger partial charge in [0.25, 0.3) is 0 Å². The van der Waals surface area contributed by atoms with Crippen LogP contribution in [-0.2, 0) is 9.53 Å². The van der Waals surface area contributed by atoms with E-state index in [0.717, 1.165) is 6.42 Å². The van der Waals surface area contributed by atoms with Gasteiger partial charge in [-0.1, -0.05) is 0 Å². The summed E-state index contributed by atoms with van der Waals surface area (Å²) >= 11 is 0. The van der Waals surface area contributed by atoms with Gasteiger partial charge in [-0.2, -0.15) is 0 Å². The van der Waals surface area contributed by atoms with E-state index in [1.165, 1.54) is 0 Å². The molecular formula is C15H29N3O3. The molecule has 6 nitrogen and oxygen atoms in total. The van der Waals surface area contributed by atoms with Gasteiger partial charge in [-0.25, -0.2) is 4.79 Å². The second-order valence-corrected chi connectivity index (χ2v) is 7.00. The molecule has 2 unspecified atom stereocenters. The zero-order valence-corrected chi connectivity index (χ0v) is 14.0. The third kappa shape index (κ3) is 4.88. The number of nitrogens with two attached hydrogens (primary N) is 1. The largest absolute Gasteiger partial charge is 0.444 e. The van der Waals surface area contributed by atoms with Crippen LogP contribution in [0.1, 0.15) is 48.0 Å².